The van der Waals surface area contributed by atoms with Crippen molar-refractivity contribution in [3.63, 3.8) is 0 Å². The molecule has 48 heavy (non-hydrogen) atoms. The third-order valence-corrected chi connectivity index (χ3v) is 14.7. The molecule has 1 aliphatic rings. The molecule has 7 aromatic rings. The summed E-state index contributed by atoms with van der Waals surface area (Å²) in [6.45, 7) is 6.87. The van der Waals surface area contributed by atoms with Crippen LogP contribution < -0.4 is 16.1 Å². The van der Waals surface area contributed by atoms with E-state index in [-0.39, 0.29) is 28.7 Å². The average Bonchev–Trinajstić information content (AvgIpc) is 3.66. The van der Waals surface area contributed by atoms with Gasteiger partial charge in [0.1, 0.15) is 17.7 Å². The first-order valence-electron chi connectivity index (χ1n) is 16.2. The zero-order chi connectivity index (χ0) is 33.0. The summed E-state index contributed by atoms with van der Waals surface area (Å²) in [7, 11) is -2.84. The molecule has 2 unspecified atom stereocenters. The normalized spacial score (nSPS) is 16.8. The fourth-order valence-corrected chi connectivity index (χ4v) is 12.2. The van der Waals surface area contributed by atoms with E-state index in [1.165, 1.54) is 22.5 Å². The lowest BCUT2D eigenvalue weighted by molar-refractivity contribution is 0.160. The highest BCUT2D eigenvalue weighted by Gasteiger charge is 2.52. The van der Waals surface area contributed by atoms with Crippen molar-refractivity contribution in [2.75, 3.05) is 0 Å². The molecule has 8 rings (SSSR count). The highest BCUT2D eigenvalue weighted by atomic mass is 28.4. The SMILES string of the molecule is CC(C)(C)[Si](OC1CCC(n2c(=O)[nH]c3cnc(-n4cnc5ccc(F)cc54)nc32)c2ccccc21)(c1ccccc1)c1ccccc1. The van der Waals surface area contributed by atoms with E-state index in [2.05, 4.69) is 109 Å². The first-order valence-corrected chi connectivity index (χ1v) is 18.1. The van der Waals surface area contributed by atoms with Gasteiger partial charge in [0.05, 0.1) is 29.4 Å². The molecular formula is C38H35FN6O2Si. The van der Waals surface area contributed by atoms with Crippen LogP contribution in [0.4, 0.5) is 4.39 Å². The fourth-order valence-electron chi connectivity index (χ4n) is 7.48. The number of aromatic nitrogens is 6. The Balaban J connectivity index is 1.24. The molecule has 10 heteroatoms. The Morgan fingerprint density at radius 3 is 2.21 bits per heavy atom. The monoisotopic (exact) mass is 654 g/mol. The molecule has 0 saturated carbocycles. The standard InChI is InChI=1S/C38H35FN6O2Si/c1-38(2,3)48(26-12-6-4-7-13-26,27-14-8-5-9-15-27)47-34-21-20-32(28-16-10-11-17-29(28)34)45-35-31(42-37(45)46)23-40-36(43-35)44-24-41-30-19-18-25(39)22-33(30)44/h4-19,22-24,32,34H,20-21H2,1-3H3,(H,42,46). The molecule has 0 amide bonds. The number of hydrogen-bond acceptors (Lipinski definition) is 5. The minimum Gasteiger partial charge on any atom is -0.400 e. The first kappa shape index (κ1) is 30.2. The Bertz CT molecular complexity index is 2290. The van der Waals surface area contributed by atoms with Crippen molar-refractivity contribution in [3.8, 4) is 5.95 Å². The van der Waals surface area contributed by atoms with Gasteiger partial charge < -0.3 is 9.41 Å². The predicted molar refractivity (Wildman–Crippen MR) is 188 cm³/mol. The van der Waals surface area contributed by atoms with Crippen molar-refractivity contribution in [2.24, 2.45) is 0 Å². The maximum Gasteiger partial charge on any atom is 0.328 e. The minimum absolute atomic E-state index is 0.178. The molecule has 0 radical (unpaired) electrons. The topological polar surface area (TPSA) is 90.6 Å². The van der Waals surface area contributed by atoms with E-state index < -0.39 is 8.32 Å². The van der Waals surface area contributed by atoms with Gasteiger partial charge in [-0.2, -0.15) is 4.98 Å². The third kappa shape index (κ3) is 4.82. The third-order valence-electron chi connectivity index (χ3n) is 9.62. The number of rotatable bonds is 6. The van der Waals surface area contributed by atoms with Crippen LogP contribution in [0.2, 0.25) is 5.04 Å². The second-order valence-corrected chi connectivity index (χ2v) is 17.7. The lowest BCUT2D eigenvalue weighted by atomic mass is 9.85. The van der Waals surface area contributed by atoms with Gasteiger partial charge in [-0.25, -0.2) is 19.2 Å². The Morgan fingerprint density at radius 2 is 1.52 bits per heavy atom. The molecule has 0 spiro atoms. The molecule has 8 nitrogen and oxygen atoms in total. The van der Waals surface area contributed by atoms with Crippen molar-refractivity contribution in [3.05, 3.63) is 143 Å². The van der Waals surface area contributed by atoms with Gasteiger partial charge in [0, 0.05) is 6.07 Å². The molecule has 2 atom stereocenters. The molecule has 1 N–H and O–H groups in total. The van der Waals surface area contributed by atoms with Gasteiger partial charge in [0.2, 0.25) is 5.95 Å². The van der Waals surface area contributed by atoms with E-state index in [9.17, 15) is 9.18 Å². The van der Waals surface area contributed by atoms with Crippen molar-refractivity contribution >= 4 is 40.9 Å². The predicted octanol–water partition coefficient (Wildman–Crippen LogP) is 6.60. The highest BCUT2D eigenvalue weighted by Crippen LogP contribution is 2.46. The van der Waals surface area contributed by atoms with Crippen LogP contribution in [-0.4, -0.2) is 37.4 Å². The van der Waals surface area contributed by atoms with E-state index in [1.54, 1.807) is 27.7 Å². The van der Waals surface area contributed by atoms with Gasteiger partial charge in [-0.15, -0.1) is 0 Å². The number of aromatic amines is 1. The van der Waals surface area contributed by atoms with Crippen LogP contribution in [0.3, 0.4) is 0 Å². The summed E-state index contributed by atoms with van der Waals surface area (Å²) in [5.41, 5.74) is 4.03. The second kappa shape index (κ2) is 11.5. The summed E-state index contributed by atoms with van der Waals surface area (Å²) < 4.78 is 25.2. The van der Waals surface area contributed by atoms with E-state index in [1.807, 2.05) is 12.1 Å². The molecule has 3 aromatic heterocycles. The summed E-state index contributed by atoms with van der Waals surface area (Å²) in [4.78, 5) is 30.4. The lowest BCUT2D eigenvalue weighted by Gasteiger charge is -2.46. The number of nitrogens with one attached hydrogen (secondary N) is 1. The summed E-state index contributed by atoms with van der Waals surface area (Å²) in [5, 5.41) is 2.28. The maximum absolute atomic E-state index is 14.2. The number of nitrogens with zero attached hydrogens (tertiary/aromatic N) is 5. The molecule has 4 aromatic carbocycles. The van der Waals surface area contributed by atoms with Crippen molar-refractivity contribution < 1.29 is 8.82 Å². The summed E-state index contributed by atoms with van der Waals surface area (Å²) in [6.07, 6.45) is 4.38. The Labute approximate surface area is 278 Å². The largest absolute Gasteiger partial charge is 0.400 e. The molecule has 1 aliphatic carbocycles. The number of halogens is 1. The molecule has 0 bridgehead atoms. The molecule has 3 heterocycles. The van der Waals surface area contributed by atoms with Gasteiger partial charge in [-0.1, -0.05) is 106 Å². The van der Waals surface area contributed by atoms with E-state index in [4.69, 9.17) is 9.41 Å². The fraction of sp³-hybridized carbons (Fsp3) is 0.211. The smallest absolute Gasteiger partial charge is 0.328 e. The van der Waals surface area contributed by atoms with Crippen LogP contribution in [0, 0.1) is 5.82 Å². The van der Waals surface area contributed by atoms with Crippen molar-refractivity contribution in [1.82, 2.24) is 29.1 Å². The lowest BCUT2D eigenvalue weighted by Crippen LogP contribution is -2.67. The maximum atomic E-state index is 14.2. The summed E-state index contributed by atoms with van der Waals surface area (Å²) in [6, 6.07) is 33.8. The van der Waals surface area contributed by atoms with Gasteiger partial charge in [0.15, 0.2) is 5.65 Å². The molecule has 0 aliphatic heterocycles. The average molecular weight is 655 g/mol. The van der Waals surface area contributed by atoms with Gasteiger partial charge >= 0.3 is 5.69 Å². The molecule has 0 saturated heterocycles. The van der Waals surface area contributed by atoms with E-state index in [0.29, 0.717) is 41.0 Å². The van der Waals surface area contributed by atoms with Gasteiger partial charge in [-0.05, 0) is 51.5 Å². The van der Waals surface area contributed by atoms with Gasteiger partial charge in [0.25, 0.3) is 8.32 Å². The van der Waals surface area contributed by atoms with Crippen LogP contribution in [0.15, 0.2) is 120 Å². The quantitative estimate of drug-likeness (QED) is 0.204. The van der Waals surface area contributed by atoms with Crippen molar-refractivity contribution in [1.29, 1.82) is 0 Å². The van der Waals surface area contributed by atoms with Crippen LogP contribution in [0.25, 0.3) is 28.1 Å². The van der Waals surface area contributed by atoms with E-state index >= 15 is 0 Å². The van der Waals surface area contributed by atoms with Crippen molar-refractivity contribution in [2.45, 2.75) is 50.8 Å². The summed E-state index contributed by atoms with van der Waals surface area (Å²) in [5.74, 6) is -0.0714. The van der Waals surface area contributed by atoms with Gasteiger partial charge in [-0.3, -0.25) is 9.13 Å². The van der Waals surface area contributed by atoms with Crippen LogP contribution in [0.1, 0.15) is 56.9 Å². The molecular weight excluding hydrogens is 620 g/mol. The molecule has 240 valence electrons. The first-order chi connectivity index (χ1) is 23.2. The second-order valence-electron chi connectivity index (χ2n) is 13.4. The van der Waals surface area contributed by atoms with Crippen LogP contribution in [-0.2, 0) is 4.43 Å². The van der Waals surface area contributed by atoms with Crippen LogP contribution in [0.5, 0.6) is 0 Å². The minimum atomic E-state index is -2.84. The zero-order valence-electron chi connectivity index (χ0n) is 27.0. The summed E-state index contributed by atoms with van der Waals surface area (Å²) >= 11 is 0. The van der Waals surface area contributed by atoms with Crippen LogP contribution >= 0.6 is 0 Å². The number of benzene rings is 4. The highest BCUT2D eigenvalue weighted by molar-refractivity contribution is 6.99. The zero-order valence-corrected chi connectivity index (χ0v) is 28.0. The van der Waals surface area contributed by atoms with E-state index in [0.717, 1.165) is 11.1 Å². The Hall–Kier alpha value is -5.19. The molecule has 0 fully saturated rings. The number of imidazole rings is 2. The number of H-pyrrole nitrogens is 1. The number of fused-ring (bicyclic) bond motifs is 3. The number of hydrogen-bond donors (Lipinski definition) is 1. The Morgan fingerprint density at radius 1 is 0.854 bits per heavy atom. The Kier molecular flexibility index (Phi) is 7.23.